The van der Waals surface area contributed by atoms with Gasteiger partial charge in [0.1, 0.15) is 11.5 Å². The minimum absolute atomic E-state index is 0.0705. The molecule has 2 heterocycles. The van der Waals surface area contributed by atoms with Crippen LogP contribution in [0.5, 0.6) is 21.6 Å². The van der Waals surface area contributed by atoms with Crippen LogP contribution < -0.4 is 38.6 Å². The largest absolute Gasteiger partial charge is 0.543 e. The van der Waals surface area contributed by atoms with E-state index in [1.54, 1.807) is 0 Å². The fourth-order valence-electron chi connectivity index (χ4n) is 10.3. The zero-order valence-corrected chi connectivity index (χ0v) is 53.2. The molecule has 0 fully saturated rings. The Morgan fingerprint density at radius 3 is 1.14 bits per heavy atom. The minimum Gasteiger partial charge on any atom is -0.543 e. The van der Waals surface area contributed by atoms with E-state index in [4.69, 9.17) is 17.7 Å². The summed E-state index contributed by atoms with van der Waals surface area (Å²) in [5.74, 6) is 3.93. The van der Waals surface area contributed by atoms with Crippen LogP contribution in [0.4, 0.5) is 0 Å². The molecule has 2 aliphatic carbocycles. The SMILES string of the molecule is CC(C)C(C)(C)[Si](C)(C)Oc1ccc2c(c1)c1c(c3sc(O[Si](C)(C)C(C)(C)C(C)C)cc32)=CC2=c3c(c4cc(O[Si](C)(C)C(C)(C)C(C)C)ccc4c4cc(O[Si](C)(C)C(C)(C)C(C)C)sc34)=CC=12. The lowest BCUT2D eigenvalue weighted by atomic mass is 9.99. The number of thiophene rings is 2. The normalized spacial score (nSPS) is 15.3. The molecule has 0 atom stereocenters. The van der Waals surface area contributed by atoms with Crippen LogP contribution in [0, 0.1) is 23.7 Å². The molecule has 378 valence electrons. The highest BCUT2D eigenvalue weighted by atomic mass is 32.1. The number of benzene rings is 4. The molecule has 6 aromatic rings. The standard InChI is InChI=1S/C60H86O4S2Si4/c1-35(2)57(9,10)67(17,18)61-39-25-27-41-43(29-39)45-31-46-47(54(45)56-49(41)34-52(66-56)64-70(23,24)60(15,16)38(7)8)32-50-53(46)44-30-40(62-68(19,20)58(11,12)36(3)4)26-28-42(44)48-33-51(65-55(48)50)63-69(21,22)59(13,14)37(5)6/h25-38H,1-24H3. The summed E-state index contributed by atoms with van der Waals surface area (Å²) in [6, 6.07) is 18.6. The maximum atomic E-state index is 7.31. The number of rotatable bonds is 16. The molecule has 0 N–H and O–H groups in total. The van der Waals surface area contributed by atoms with Crippen LogP contribution in [0.1, 0.15) is 111 Å². The second kappa shape index (κ2) is 17.2. The molecular formula is C60H86O4S2Si4. The van der Waals surface area contributed by atoms with Gasteiger partial charge in [0, 0.05) is 30.6 Å². The van der Waals surface area contributed by atoms with E-state index in [1.807, 2.05) is 22.7 Å². The molecule has 0 saturated carbocycles. The van der Waals surface area contributed by atoms with Crippen LogP contribution in [0.3, 0.4) is 0 Å². The quantitative estimate of drug-likeness (QED) is 0.0905. The second-order valence-electron chi connectivity index (χ2n) is 26.7. The van der Waals surface area contributed by atoms with Crippen LogP contribution in [-0.2, 0) is 0 Å². The van der Waals surface area contributed by atoms with E-state index in [0.29, 0.717) is 23.7 Å². The van der Waals surface area contributed by atoms with Crippen LogP contribution in [0.25, 0.3) is 65.0 Å². The highest BCUT2D eigenvalue weighted by molar-refractivity contribution is 7.21. The van der Waals surface area contributed by atoms with Crippen molar-refractivity contribution in [2.45, 2.75) is 183 Å². The van der Waals surface area contributed by atoms with E-state index >= 15 is 0 Å². The lowest BCUT2D eigenvalue weighted by molar-refractivity contribution is 0.394. The number of hydrogen-bond donors (Lipinski definition) is 0. The number of fused-ring (bicyclic) bond motifs is 13. The Bertz CT molecular complexity index is 3360. The van der Waals surface area contributed by atoms with E-state index in [9.17, 15) is 0 Å². The Morgan fingerprint density at radius 1 is 0.371 bits per heavy atom. The summed E-state index contributed by atoms with van der Waals surface area (Å²) < 4.78 is 31.7. The first-order valence-corrected chi connectivity index (χ1v) is 39.5. The van der Waals surface area contributed by atoms with Gasteiger partial charge in [-0.3, -0.25) is 0 Å². The van der Waals surface area contributed by atoms with E-state index < -0.39 is 33.3 Å². The monoisotopic (exact) mass is 1050 g/mol. The van der Waals surface area contributed by atoms with Crippen molar-refractivity contribution in [3.8, 4) is 21.6 Å². The van der Waals surface area contributed by atoms with Crippen molar-refractivity contribution in [3.63, 3.8) is 0 Å². The van der Waals surface area contributed by atoms with Crippen LogP contribution >= 0.6 is 22.7 Å². The first kappa shape index (κ1) is 53.2. The van der Waals surface area contributed by atoms with Gasteiger partial charge in [0.05, 0.1) is 0 Å². The van der Waals surface area contributed by atoms with E-state index in [1.165, 1.54) is 73.7 Å². The molecule has 4 aromatic carbocycles. The van der Waals surface area contributed by atoms with Gasteiger partial charge in [-0.15, -0.1) is 0 Å². The Kier molecular flexibility index (Phi) is 13.1. The molecule has 0 radical (unpaired) electrons. The van der Waals surface area contributed by atoms with Crippen molar-refractivity contribution in [3.05, 3.63) is 69.4 Å². The summed E-state index contributed by atoms with van der Waals surface area (Å²) in [5, 5.41) is 15.1. The van der Waals surface area contributed by atoms with Gasteiger partial charge < -0.3 is 17.7 Å². The lowest BCUT2D eigenvalue weighted by Crippen LogP contribution is -2.47. The van der Waals surface area contributed by atoms with Gasteiger partial charge in [-0.1, -0.05) is 146 Å². The fourth-order valence-corrected chi connectivity index (χ4v) is 23.0. The van der Waals surface area contributed by atoms with Crippen LogP contribution in [0.2, 0.25) is 72.5 Å². The maximum Gasteiger partial charge on any atom is 0.252 e. The molecule has 0 bridgehead atoms. The Balaban J connectivity index is 1.46. The molecule has 0 unspecified atom stereocenters. The van der Waals surface area contributed by atoms with Gasteiger partial charge >= 0.3 is 0 Å². The Morgan fingerprint density at radius 2 is 0.714 bits per heavy atom. The zero-order chi connectivity index (χ0) is 52.0. The van der Waals surface area contributed by atoms with Crippen molar-refractivity contribution in [2.75, 3.05) is 0 Å². The third kappa shape index (κ3) is 8.27. The Hall–Kier alpha value is -3.13. The second-order valence-corrected chi connectivity index (χ2v) is 46.8. The molecule has 0 spiro atoms. The van der Waals surface area contributed by atoms with E-state index in [2.05, 4.69) is 224 Å². The molecular weight excluding hydrogens is 961 g/mol. The highest BCUT2D eigenvalue weighted by Gasteiger charge is 2.48. The predicted molar refractivity (Wildman–Crippen MR) is 321 cm³/mol. The molecule has 8 rings (SSSR count). The molecule has 4 nitrogen and oxygen atoms in total. The molecule has 0 amide bonds. The molecule has 2 aliphatic rings. The Labute approximate surface area is 433 Å². The third-order valence-electron chi connectivity index (χ3n) is 20.4. The first-order valence-electron chi connectivity index (χ1n) is 26.3. The molecule has 0 aliphatic heterocycles. The topological polar surface area (TPSA) is 36.9 Å². The van der Waals surface area contributed by atoms with Gasteiger partial charge in [-0.2, -0.15) is 0 Å². The van der Waals surface area contributed by atoms with Crippen molar-refractivity contribution in [1.29, 1.82) is 0 Å². The smallest absolute Gasteiger partial charge is 0.252 e. The summed E-state index contributed by atoms with van der Waals surface area (Å²) >= 11 is 3.68. The molecule has 0 saturated heterocycles. The summed E-state index contributed by atoms with van der Waals surface area (Å²) in [4.78, 5) is 0. The first-order chi connectivity index (χ1) is 32.0. The fraction of sp³-hybridized carbons (Fsp3) is 0.533. The average molecular weight is 1050 g/mol. The molecule has 2 aromatic heterocycles. The third-order valence-corrected chi connectivity index (χ3v) is 40.4. The average Bonchev–Trinajstić information content (AvgIpc) is 4.01. The number of hydrogen-bond acceptors (Lipinski definition) is 6. The van der Waals surface area contributed by atoms with Gasteiger partial charge in [0.15, 0.2) is 10.1 Å². The van der Waals surface area contributed by atoms with Crippen molar-refractivity contribution < 1.29 is 17.7 Å². The van der Waals surface area contributed by atoms with Crippen LogP contribution in [-0.4, -0.2) is 33.3 Å². The molecule has 70 heavy (non-hydrogen) atoms. The van der Waals surface area contributed by atoms with Gasteiger partial charge in [-0.05, 0) is 188 Å². The van der Waals surface area contributed by atoms with Gasteiger partial charge in [0.25, 0.3) is 33.3 Å². The summed E-state index contributed by atoms with van der Waals surface area (Å²) in [5.41, 5.74) is 2.59. The van der Waals surface area contributed by atoms with E-state index in [0.717, 1.165) is 21.6 Å². The summed E-state index contributed by atoms with van der Waals surface area (Å²) in [7, 11) is -8.84. The van der Waals surface area contributed by atoms with Crippen molar-refractivity contribution >= 4 is 121 Å². The van der Waals surface area contributed by atoms with Crippen molar-refractivity contribution in [1.82, 2.24) is 0 Å². The lowest BCUT2D eigenvalue weighted by Gasteiger charge is -2.42. The summed E-state index contributed by atoms with van der Waals surface area (Å²) in [6.07, 6.45) is 5.04. The van der Waals surface area contributed by atoms with Crippen LogP contribution in [0.15, 0.2) is 48.5 Å². The minimum atomic E-state index is -2.22. The maximum absolute atomic E-state index is 7.31. The van der Waals surface area contributed by atoms with E-state index in [-0.39, 0.29) is 20.2 Å². The van der Waals surface area contributed by atoms with Gasteiger partial charge in [0.2, 0.25) is 0 Å². The predicted octanol–water partition coefficient (Wildman–Crippen LogP) is 17.1. The van der Waals surface area contributed by atoms with Crippen molar-refractivity contribution in [2.24, 2.45) is 23.7 Å². The zero-order valence-electron chi connectivity index (χ0n) is 47.5. The highest BCUT2D eigenvalue weighted by Crippen LogP contribution is 2.50. The van der Waals surface area contributed by atoms with Gasteiger partial charge in [-0.25, -0.2) is 0 Å². The summed E-state index contributed by atoms with van der Waals surface area (Å²) in [6.45, 7) is 57.1. The molecule has 10 heteroatoms.